The van der Waals surface area contributed by atoms with Crippen LogP contribution < -0.4 is 11.2 Å². The minimum absolute atomic E-state index is 0.0562. The van der Waals surface area contributed by atoms with Crippen LogP contribution in [0.2, 0.25) is 0 Å². The molecule has 0 unspecified atom stereocenters. The van der Waals surface area contributed by atoms with Gasteiger partial charge in [-0.1, -0.05) is 6.92 Å². The Morgan fingerprint density at radius 3 is 2.72 bits per heavy atom. The van der Waals surface area contributed by atoms with Gasteiger partial charge in [0.05, 0.1) is 6.33 Å². The molecule has 2 aromatic heterocycles. The number of hydrogen-bond acceptors (Lipinski definition) is 5. The molecule has 8 heteroatoms. The molecule has 18 heavy (non-hydrogen) atoms. The molecule has 0 aliphatic carbocycles. The Morgan fingerprint density at radius 2 is 2.11 bits per heavy atom. The number of aliphatic hydroxyl groups is 2. The van der Waals surface area contributed by atoms with Gasteiger partial charge >= 0.3 is 5.69 Å². The zero-order valence-corrected chi connectivity index (χ0v) is 10.0. The summed E-state index contributed by atoms with van der Waals surface area (Å²) in [6.07, 6.45) is 1.55. The van der Waals surface area contributed by atoms with Crippen LogP contribution in [0, 0.1) is 0 Å². The molecule has 0 fully saturated rings. The van der Waals surface area contributed by atoms with Gasteiger partial charge in [0.25, 0.3) is 11.5 Å². The van der Waals surface area contributed by atoms with E-state index in [1.165, 1.54) is 13.4 Å². The molecule has 2 heterocycles. The standard InChI is InChI=1S/C10H14N4O4/c1-3-4-10(17,18)14-8(15)6-7(12-5-11-6)13(2)9(14)16/h5,17-18H,3-4H2,1-2H3,(H,11,12). The van der Waals surface area contributed by atoms with Gasteiger partial charge in [0.1, 0.15) is 5.52 Å². The number of imidazole rings is 1. The highest BCUT2D eigenvalue weighted by molar-refractivity contribution is 5.68. The molecule has 0 aromatic carbocycles. The molecule has 0 aliphatic rings. The molecule has 0 saturated carbocycles. The second-order valence-corrected chi connectivity index (χ2v) is 4.11. The molecule has 3 N–H and O–H groups in total. The Balaban J connectivity index is 2.87. The van der Waals surface area contributed by atoms with E-state index in [2.05, 4.69) is 9.97 Å². The Bertz CT molecular complexity index is 694. The normalized spacial score (nSPS) is 12.2. The Kier molecular flexibility index (Phi) is 2.83. The fraction of sp³-hybridized carbons (Fsp3) is 0.500. The lowest BCUT2D eigenvalue weighted by molar-refractivity contribution is -0.237. The number of aromatic nitrogens is 4. The maximum Gasteiger partial charge on any atom is 0.336 e. The third-order valence-electron chi connectivity index (χ3n) is 2.78. The first kappa shape index (κ1) is 12.5. The van der Waals surface area contributed by atoms with E-state index in [0.29, 0.717) is 11.0 Å². The lowest BCUT2D eigenvalue weighted by Gasteiger charge is -2.23. The molecule has 98 valence electrons. The first-order valence-corrected chi connectivity index (χ1v) is 5.50. The second-order valence-electron chi connectivity index (χ2n) is 4.11. The van der Waals surface area contributed by atoms with Crippen LogP contribution >= 0.6 is 0 Å². The largest absolute Gasteiger partial charge is 0.348 e. The van der Waals surface area contributed by atoms with Crippen LogP contribution in [0.4, 0.5) is 0 Å². The van der Waals surface area contributed by atoms with Crippen molar-refractivity contribution in [2.45, 2.75) is 25.7 Å². The molecule has 2 aromatic rings. The average Bonchev–Trinajstić information content (AvgIpc) is 2.75. The predicted molar refractivity (Wildman–Crippen MR) is 62.9 cm³/mol. The predicted octanol–water partition coefficient (Wildman–Crippen LogP) is -1.18. The van der Waals surface area contributed by atoms with Crippen LogP contribution in [0.15, 0.2) is 15.9 Å². The zero-order chi connectivity index (χ0) is 13.5. The monoisotopic (exact) mass is 254 g/mol. The summed E-state index contributed by atoms with van der Waals surface area (Å²) in [5, 5.41) is 19.7. The topological polar surface area (TPSA) is 113 Å². The summed E-state index contributed by atoms with van der Waals surface area (Å²) < 4.78 is 1.51. The van der Waals surface area contributed by atoms with E-state index in [1.54, 1.807) is 6.92 Å². The molecule has 0 bridgehead atoms. The summed E-state index contributed by atoms with van der Waals surface area (Å²) in [6, 6.07) is 0. The summed E-state index contributed by atoms with van der Waals surface area (Å²) in [5.41, 5.74) is -1.39. The molecular weight excluding hydrogens is 240 g/mol. The first-order valence-electron chi connectivity index (χ1n) is 5.50. The van der Waals surface area contributed by atoms with Gasteiger partial charge in [-0.25, -0.2) is 14.3 Å². The maximum atomic E-state index is 12.0. The van der Waals surface area contributed by atoms with Gasteiger partial charge in [-0.3, -0.25) is 9.36 Å². The molecule has 8 nitrogen and oxygen atoms in total. The van der Waals surface area contributed by atoms with E-state index in [0.717, 1.165) is 4.57 Å². The highest BCUT2D eigenvalue weighted by Crippen LogP contribution is 2.12. The summed E-state index contributed by atoms with van der Waals surface area (Å²) >= 11 is 0. The minimum atomic E-state index is -2.50. The zero-order valence-electron chi connectivity index (χ0n) is 10.0. The molecule has 0 radical (unpaired) electrons. The van der Waals surface area contributed by atoms with Crippen molar-refractivity contribution in [2.24, 2.45) is 7.05 Å². The smallest absolute Gasteiger partial charge is 0.336 e. The van der Waals surface area contributed by atoms with E-state index in [-0.39, 0.29) is 17.6 Å². The van der Waals surface area contributed by atoms with E-state index >= 15 is 0 Å². The van der Waals surface area contributed by atoms with Gasteiger partial charge < -0.3 is 15.2 Å². The van der Waals surface area contributed by atoms with Crippen molar-refractivity contribution in [3.05, 3.63) is 27.2 Å². The van der Waals surface area contributed by atoms with Gasteiger partial charge in [0.15, 0.2) is 5.65 Å². The number of nitrogens with zero attached hydrogens (tertiary/aromatic N) is 3. The lowest BCUT2D eigenvalue weighted by Crippen LogP contribution is -2.51. The molecule has 0 spiro atoms. The number of fused-ring (bicyclic) bond motifs is 1. The van der Waals surface area contributed by atoms with Crippen LogP contribution in [0.1, 0.15) is 19.8 Å². The number of aryl methyl sites for hydroxylation is 1. The van der Waals surface area contributed by atoms with Crippen LogP contribution in [0.25, 0.3) is 11.2 Å². The van der Waals surface area contributed by atoms with Crippen LogP contribution in [0.5, 0.6) is 0 Å². The van der Waals surface area contributed by atoms with Crippen molar-refractivity contribution in [2.75, 3.05) is 0 Å². The average molecular weight is 254 g/mol. The fourth-order valence-corrected chi connectivity index (χ4v) is 1.90. The van der Waals surface area contributed by atoms with E-state index < -0.39 is 17.2 Å². The van der Waals surface area contributed by atoms with Gasteiger partial charge in [-0.2, -0.15) is 0 Å². The fourth-order valence-electron chi connectivity index (χ4n) is 1.90. The van der Waals surface area contributed by atoms with Crippen molar-refractivity contribution in [3.8, 4) is 0 Å². The SMILES string of the molecule is CCCC(O)(O)n1c(=O)c2[nH]cnc2n(C)c1=O. The number of aromatic amines is 1. The first-order chi connectivity index (χ1) is 8.40. The molecule has 0 saturated heterocycles. The summed E-state index contributed by atoms with van der Waals surface area (Å²) in [6.45, 7) is 1.71. The third kappa shape index (κ3) is 1.66. The quantitative estimate of drug-likeness (QED) is 0.596. The number of rotatable bonds is 3. The number of nitrogens with one attached hydrogen (secondary N) is 1. The molecule has 0 amide bonds. The van der Waals surface area contributed by atoms with E-state index in [4.69, 9.17) is 0 Å². The van der Waals surface area contributed by atoms with Crippen molar-refractivity contribution < 1.29 is 10.2 Å². The van der Waals surface area contributed by atoms with Gasteiger partial charge in [-0.15, -0.1) is 0 Å². The molecule has 2 rings (SSSR count). The Labute approximate surface area is 101 Å². The number of hydrogen-bond donors (Lipinski definition) is 3. The molecular formula is C10H14N4O4. The van der Waals surface area contributed by atoms with Crippen LogP contribution in [0.3, 0.4) is 0 Å². The number of H-pyrrole nitrogens is 1. The van der Waals surface area contributed by atoms with Crippen molar-refractivity contribution in [3.63, 3.8) is 0 Å². The lowest BCUT2D eigenvalue weighted by atomic mass is 10.2. The summed E-state index contributed by atoms with van der Waals surface area (Å²) in [7, 11) is 1.41. The van der Waals surface area contributed by atoms with Gasteiger partial charge in [0, 0.05) is 13.5 Å². The Morgan fingerprint density at radius 1 is 1.44 bits per heavy atom. The third-order valence-corrected chi connectivity index (χ3v) is 2.78. The van der Waals surface area contributed by atoms with Crippen molar-refractivity contribution in [1.82, 2.24) is 19.1 Å². The molecule has 0 atom stereocenters. The van der Waals surface area contributed by atoms with Crippen molar-refractivity contribution in [1.29, 1.82) is 0 Å². The van der Waals surface area contributed by atoms with Crippen LogP contribution in [-0.4, -0.2) is 29.3 Å². The Hall–Kier alpha value is -1.93. The minimum Gasteiger partial charge on any atom is -0.348 e. The molecule has 0 aliphatic heterocycles. The highest BCUT2D eigenvalue weighted by atomic mass is 16.5. The van der Waals surface area contributed by atoms with Gasteiger partial charge in [0.2, 0.25) is 0 Å². The maximum absolute atomic E-state index is 12.0. The summed E-state index contributed by atoms with van der Waals surface area (Å²) in [5.74, 6) is -2.50. The second kappa shape index (κ2) is 4.07. The van der Waals surface area contributed by atoms with E-state index in [1.807, 2.05) is 0 Å². The summed E-state index contributed by atoms with van der Waals surface area (Å²) in [4.78, 5) is 30.4. The van der Waals surface area contributed by atoms with Crippen LogP contribution in [-0.2, 0) is 13.0 Å². The van der Waals surface area contributed by atoms with E-state index in [9.17, 15) is 19.8 Å². The van der Waals surface area contributed by atoms with Gasteiger partial charge in [-0.05, 0) is 6.42 Å². The van der Waals surface area contributed by atoms with Crippen molar-refractivity contribution >= 4 is 11.2 Å². The highest BCUT2D eigenvalue weighted by Gasteiger charge is 2.30.